The minimum atomic E-state index is 0.258. The van der Waals surface area contributed by atoms with Gasteiger partial charge in [0.25, 0.3) is 0 Å². The van der Waals surface area contributed by atoms with E-state index in [4.69, 9.17) is 11.6 Å². The molecule has 0 aliphatic rings. The molecule has 0 radical (unpaired) electrons. The van der Waals surface area contributed by atoms with Crippen molar-refractivity contribution >= 4 is 27.5 Å². The van der Waals surface area contributed by atoms with E-state index in [1.54, 1.807) is 24.3 Å². The Morgan fingerprint density at radius 3 is 2.43 bits per heavy atom. The predicted octanol–water partition coefficient (Wildman–Crippen LogP) is 3.86. The number of hydrogen-bond donors (Lipinski definition) is 0. The zero-order chi connectivity index (χ0) is 14.8. The fourth-order valence-electron chi connectivity index (χ4n) is 1.91. The fourth-order valence-corrected chi connectivity index (χ4v) is 2.43. The molecule has 0 saturated heterocycles. The van der Waals surface area contributed by atoms with E-state index in [1.807, 2.05) is 24.3 Å². The summed E-state index contributed by atoms with van der Waals surface area (Å²) in [4.78, 5) is 0. The Hall–Kier alpha value is -1.98. The summed E-state index contributed by atoms with van der Waals surface area (Å²) in [6.45, 7) is 0. The summed E-state index contributed by atoms with van der Waals surface area (Å²) >= 11 is 9.21. The van der Waals surface area contributed by atoms with Crippen molar-refractivity contribution < 1.29 is 4.73 Å². The van der Waals surface area contributed by atoms with Crippen molar-refractivity contribution in [2.75, 3.05) is 0 Å². The molecule has 0 N–H and O–H groups in total. The number of hydrogen-bond acceptors (Lipinski definition) is 3. The number of halogens is 2. The molecule has 3 rings (SSSR count). The van der Waals surface area contributed by atoms with E-state index in [-0.39, 0.29) is 5.82 Å². The quantitative estimate of drug-likeness (QED) is 0.514. The van der Waals surface area contributed by atoms with Gasteiger partial charge in [-0.25, -0.2) is 4.73 Å². The van der Waals surface area contributed by atoms with Gasteiger partial charge >= 0.3 is 5.82 Å². The minimum absolute atomic E-state index is 0.258. The van der Waals surface area contributed by atoms with E-state index in [1.165, 1.54) is 6.20 Å². The molecule has 0 fully saturated rings. The number of aromatic nitrogens is 3. The minimum Gasteiger partial charge on any atom is -0.710 e. The average Bonchev–Trinajstić information content (AvgIpc) is 2.48. The van der Waals surface area contributed by atoms with Crippen molar-refractivity contribution in [2.24, 2.45) is 0 Å². The third-order valence-corrected chi connectivity index (χ3v) is 3.67. The Kier molecular flexibility index (Phi) is 3.86. The third-order valence-electron chi connectivity index (χ3n) is 2.92. The summed E-state index contributed by atoms with van der Waals surface area (Å²) in [6, 6.07) is 14.4. The van der Waals surface area contributed by atoms with Gasteiger partial charge in [-0.2, -0.15) is 0 Å². The largest absolute Gasteiger partial charge is 0.710 e. The topological polar surface area (TPSA) is 52.7 Å². The molecule has 0 spiro atoms. The Balaban J connectivity index is 2.02. The van der Waals surface area contributed by atoms with Crippen LogP contribution in [-0.4, -0.2) is 10.2 Å². The maximum absolute atomic E-state index is 12.2. The molecule has 3 aromatic rings. The molecule has 21 heavy (non-hydrogen) atoms. The van der Waals surface area contributed by atoms with Crippen LogP contribution >= 0.6 is 27.5 Å². The number of benzene rings is 2. The van der Waals surface area contributed by atoms with Gasteiger partial charge in [0.1, 0.15) is 6.20 Å². The second-order valence-corrected chi connectivity index (χ2v) is 5.73. The first-order valence-electron chi connectivity index (χ1n) is 6.12. The molecule has 4 nitrogen and oxygen atoms in total. The molecule has 0 saturated carbocycles. The van der Waals surface area contributed by atoms with Gasteiger partial charge < -0.3 is 5.21 Å². The van der Waals surface area contributed by atoms with Crippen LogP contribution in [0.25, 0.3) is 22.6 Å². The Morgan fingerprint density at radius 2 is 1.76 bits per heavy atom. The Labute approximate surface area is 134 Å². The second kappa shape index (κ2) is 5.79. The van der Waals surface area contributed by atoms with Crippen molar-refractivity contribution in [3.63, 3.8) is 0 Å². The van der Waals surface area contributed by atoms with Gasteiger partial charge in [-0.15, -0.1) is 0 Å². The van der Waals surface area contributed by atoms with Crippen LogP contribution in [0.15, 0.2) is 59.2 Å². The lowest BCUT2D eigenvalue weighted by Crippen LogP contribution is -2.31. The highest BCUT2D eigenvalue weighted by molar-refractivity contribution is 9.10. The van der Waals surface area contributed by atoms with Gasteiger partial charge in [-0.1, -0.05) is 45.7 Å². The van der Waals surface area contributed by atoms with Crippen molar-refractivity contribution in [1.29, 1.82) is 0 Å². The fraction of sp³-hybridized carbons (Fsp3) is 0. The lowest BCUT2D eigenvalue weighted by atomic mass is 10.1. The van der Waals surface area contributed by atoms with Crippen molar-refractivity contribution in [3.05, 3.63) is 69.4 Å². The zero-order valence-corrected chi connectivity index (χ0v) is 13.0. The average molecular weight is 363 g/mol. The molecule has 0 amide bonds. The second-order valence-electron chi connectivity index (χ2n) is 4.38. The van der Waals surface area contributed by atoms with E-state index in [0.29, 0.717) is 16.3 Å². The van der Waals surface area contributed by atoms with E-state index < -0.39 is 0 Å². The van der Waals surface area contributed by atoms with E-state index in [0.717, 1.165) is 14.8 Å². The maximum atomic E-state index is 12.2. The number of nitrogens with zero attached hydrogens (tertiary/aromatic N) is 3. The molecule has 104 valence electrons. The van der Waals surface area contributed by atoms with Crippen LogP contribution in [0.3, 0.4) is 0 Å². The molecule has 0 bridgehead atoms. The smallest absolute Gasteiger partial charge is 0.360 e. The van der Waals surface area contributed by atoms with Crippen LogP contribution in [0.2, 0.25) is 5.02 Å². The van der Waals surface area contributed by atoms with Gasteiger partial charge in [0.2, 0.25) is 0 Å². The molecular formula is C15H9BrClN3O. The Morgan fingerprint density at radius 1 is 1.00 bits per heavy atom. The van der Waals surface area contributed by atoms with Gasteiger partial charge in [0, 0.05) is 15.1 Å². The lowest BCUT2D eigenvalue weighted by Gasteiger charge is -2.06. The van der Waals surface area contributed by atoms with Crippen molar-refractivity contribution in [1.82, 2.24) is 10.2 Å². The van der Waals surface area contributed by atoms with Crippen molar-refractivity contribution in [2.45, 2.75) is 0 Å². The van der Waals surface area contributed by atoms with E-state index in [9.17, 15) is 5.21 Å². The lowest BCUT2D eigenvalue weighted by molar-refractivity contribution is -0.596. The van der Waals surface area contributed by atoms with Crippen LogP contribution in [0.5, 0.6) is 0 Å². The molecule has 1 aromatic heterocycles. The Bertz CT molecular complexity index is 793. The summed E-state index contributed by atoms with van der Waals surface area (Å²) in [5, 5.41) is 20.9. The van der Waals surface area contributed by atoms with Crippen LogP contribution in [-0.2, 0) is 0 Å². The van der Waals surface area contributed by atoms with Gasteiger partial charge in [-0.3, -0.25) is 0 Å². The number of rotatable bonds is 2. The molecule has 2 aromatic carbocycles. The first-order valence-corrected chi connectivity index (χ1v) is 7.29. The maximum Gasteiger partial charge on any atom is 0.360 e. The van der Waals surface area contributed by atoms with Gasteiger partial charge in [-0.05, 0) is 35.4 Å². The van der Waals surface area contributed by atoms with Gasteiger partial charge in [0.05, 0.1) is 10.7 Å². The summed E-state index contributed by atoms with van der Waals surface area (Å²) in [5.74, 6) is 0.258. The first-order chi connectivity index (χ1) is 10.1. The highest BCUT2D eigenvalue weighted by Gasteiger charge is 2.15. The highest BCUT2D eigenvalue weighted by atomic mass is 79.9. The highest BCUT2D eigenvalue weighted by Crippen LogP contribution is 2.21. The molecule has 0 unspecified atom stereocenters. The predicted molar refractivity (Wildman–Crippen MR) is 84.6 cm³/mol. The van der Waals surface area contributed by atoms with E-state index >= 15 is 0 Å². The molecule has 0 aliphatic heterocycles. The van der Waals surface area contributed by atoms with Gasteiger partial charge in [0.15, 0.2) is 5.69 Å². The summed E-state index contributed by atoms with van der Waals surface area (Å²) < 4.78 is 1.60. The standard InChI is InChI=1S/C15H9BrClN3O/c16-12-3-1-2-11(8-12)15-19-18-14(9-20(15)21)10-4-6-13(17)7-5-10/h1-9H. The van der Waals surface area contributed by atoms with Crippen LogP contribution in [0, 0.1) is 5.21 Å². The van der Waals surface area contributed by atoms with Crippen LogP contribution in [0.1, 0.15) is 0 Å². The molecule has 0 aliphatic carbocycles. The molecule has 1 heterocycles. The summed E-state index contributed by atoms with van der Waals surface area (Å²) in [6.07, 6.45) is 1.41. The normalized spacial score (nSPS) is 10.6. The van der Waals surface area contributed by atoms with Crippen LogP contribution in [0.4, 0.5) is 0 Å². The summed E-state index contributed by atoms with van der Waals surface area (Å²) in [5.41, 5.74) is 1.99. The third kappa shape index (κ3) is 3.04. The molecule has 0 atom stereocenters. The SMILES string of the molecule is [O-][n+]1cc(-c2ccc(Cl)cc2)nnc1-c1cccc(Br)c1. The zero-order valence-electron chi connectivity index (χ0n) is 10.7. The van der Waals surface area contributed by atoms with E-state index in [2.05, 4.69) is 26.1 Å². The molecular weight excluding hydrogens is 354 g/mol. The summed E-state index contributed by atoms with van der Waals surface area (Å²) in [7, 11) is 0. The van der Waals surface area contributed by atoms with Crippen molar-refractivity contribution in [3.8, 4) is 22.6 Å². The first kappa shape index (κ1) is 14.0. The molecule has 6 heteroatoms. The van der Waals surface area contributed by atoms with Crippen LogP contribution < -0.4 is 4.73 Å². The monoisotopic (exact) mass is 361 g/mol.